The largest absolute Gasteiger partial charge is 0.497 e. The summed E-state index contributed by atoms with van der Waals surface area (Å²) in [5.41, 5.74) is 0.634. The van der Waals surface area contributed by atoms with Gasteiger partial charge in [0.2, 0.25) is 0 Å². The molecule has 0 atom stereocenters. The summed E-state index contributed by atoms with van der Waals surface area (Å²) in [6.07, 6.45) is 0. The molecule has 0 spiro atoms. The molecule has 7 nitrogen and oxygen atoms in total. The molecule has 0 unspecified atom stereocenters. The molecule has 1 heterocycles. The average Bonchev–Trinajstić information content (AvgIpc) is 3.10. The maximum atomic E-state index is 12.4. The standard InChI is InChI=1S/C20H21N3O4S/c1-23-19(12-27-18-7-5-4-6-17(18)26-3)21-22-20(23)28-13-16(24)14-8-10-15(25-2)11-9-14/h4-11H,12-13H2,1-3H3. The first-order valence-corrected chi connectivity index (χ1v) is 9.55. The number of hydrogen-bond acceptors (Lipinski definition) is 7. The maximum absolute atomic E-state index is 12.4. The number of aromatic nitrogens is 3. The number of Topliss-reactive ketones (excluding diaryl/α,β-unsaturated/α-hetero) is 1. The van der Waals surface area contributed by atoms with Crippen LogP contribution < -0.4 is 14.2 Å². The molecule has 3 rings (SSSR count). The third-order valence-corrected chi connectivity index (χ3v) is 5.12. The molecule has 0 saturated carbocycles. The van der Waals surface area contributed by atoms with Crippen LogP contribution in [0.2, 0.25) is 0 Å². The van der Waals surface area contributed by atoms with E-state index in [0.29, 0.717) is 28.0 Å². The Morgan fingerprint density at radius 1 is 1.00 bits per heavy atom. The third kappa shape index (κ3) is 4.64. The number of thioether (sulfide) groups is 1. The lowest BCUT2D eigenvalue weighted by atomic mass is 10.1. The molecule has 1 aromatic heterocycles. The van der Waals surface area contributed by atoms with Gasteiger partial charge in [-0.2, -0.15) is 0 Å². The Labute approximate surface area is 167 Å². The van der Waals surface area contributed by atoms with Crippen molar-refractivity contribution in [2.75, 3.05) is 20.0 Å². The zero-order valence-corrected chi connectivity index (χ0v) is 16.7. The highest BCUT2D eigenvalue weighted by molar-refractivity contribution is 7.99. The summed E-state index contributed by atoms with van der Waals surface area (Å²) in [4.78, 5) is 12.4. The molecule has 0 aliphatic carbocycles. The van der Waals surface area contributed by atoms with Gasteiger partial charge in [0.1, 0.15) is 12.4 Å². The quantitative estimate of drug-likeness (QED) is 0.403. The second-order valence-corrected chi connectivity index (χ2v) is 6.78. The van der Waals surface area contributed by atoms with Crippen molar-refractivity contribution in [2.24, 2.45) is 7.05 Å². The van der Waals surface area contributed by atoms with Crippen LogP contribution in [0.25, 0.3) is 0 Å². The normalized spacial score (nSPS) is 10.5. The van der Waals surface area contributed by atoms with Crippen molar-refractivity contribution >= 4 is 17.5 Å². The summed E-state index contributed by atoms with van der Waals surface area (Å²) in [5, 5.41) is 8.97. The van der Waals surface area contributed by atoms with Gasteiger partial charge in [0, 0.05) is 12.6 Å². The molecular formula is C20H21N3O4S. The van der Waals surface area contributed by atoms with Crippen molar-refractivity contribution in [2.45, 2.75) is 11.8 Å². The van der Waals surface area contributed by atoms with Crippen molar-refractivity contribution in [3.05, 3.63) is 59.9 Å². The topological polar surface area (TPSA) is 75.5 Å². The van der Waals surface area contributed by atoms with E-state index >= 15 is 0 Å². The van der Waals surface area contributed by atoms with E-state index < -0.39 is 0 Å². The van der Waals surface area contributed by atoms with Gasteiger partial charge >= 0.3 is 0 Å². The fourth-order valence-corrected chi connectivity index (χ4v) is 3.29. The molecule has 28 heavy (non-hydrogen) atoms. The molecule has 0 saturated heterocycles. The van der Waals surface area contributed by atoms with Crippen LogP contribution in [0.3, 0.4) is 0 Å². The van der Waals surface area contributed by atoms with Crippen LogP contribution in [-0.2, 0) is 13.7 Å². The Bertz CT molecular complexity index is 941. The average molecular weight is 399 g/mol. The van der Waals surface area contributed by atoms with Gasteiger partial charge in [0.15, 0.2) is 28.3 Å². The highest BCUT2D eigenvalue weighted by atomic mass is 32.2. The van der Waals surface area contributed by atoms with Gasteiger partial charge in [-0.3, -0.25) is 4.79 Å². The summed E-state index contributed by atoms with van der Waals surface area (Å²) < 4.78 is 18.0. The Hall–Kier alpha value is -3.00. The van der Waals surface area contributed by atoms with Gasteiger partial charge < -0.3 is 18.8 Å². The smallest absolute Gasteiger partial charge is 0.191 e. The van der Waals surface area contributed by atoms with E-state index in [1.807, 2.05) is 35.9 Å². The van der Waals surface area contributed by atoms with Crippen LogP contribution >= 0.6 is 11.8 Å². The van der Waals surface area contributed by atoms with Crippen LogP contribution in [0.4, 0.5) is 0 Å². The molecule has 3 aromatic rings. The van der Waals surface area contributed by atoms with E-state index in [1.165, 1.54) is 11.8 Å². The van der Waals surface area contributed by atoms with Gasteiger partial charge in [-0.25, -0.2) is 0 Å². The molecule has 8 heteroatoms. The number of para-hydroxylation sites is 2. The van der Waals surface area contributed by atoms with Crippen molar-refractivity contribution < 1.29 is 19.0 Å². The van der Waals surface area contributed by atoms with E-state index in [2.05, 4.69) is 10.2 Å². The fraction of sp³-hybridized carbons (Fsp3) is 0.250. The van der Waals surface area contributed by atoms with E-state index in [9.17, 15) is 4.79 Å². The summed E-state index contributed by atoms with van der Waals surface area (Å²) >= 11 is 1.34. The van der Waals surface area contributed by atoms with E-state index in [1.54, 1.807) is 38.5 Å². The number of nitrogens with zero attached hydrogens (tertiary/aromatic N) is 3. The van der Waals surface area contributed by atoms with E-state index in [-0.39, 0.29) is 18.1 Å². The van der Waals surface area contributed by atoms with Gasteiger partial charge in [0.25, 0.3) is 0 Å². The SMILES string of the molecule is COc1ccc(C(=O)CSc2nnc(COc3ccccc3OC)n2C)cc1. The Morgan fingerprint density at radius 2 is 1.71 bits per heavy atom. The molecule has 0 fully saturated rings. The van der Waals surface area contributed by atoms with Crippen molar-refractivity contribution in [3.63, 3.8) is 0 Å². The number of carbonyl (C=O) groups is 1. The predicted octanol–water partition coefficient (Wildman–Crippen LogP) is 3.39. The number of ether oxygens (including phenoxy) is 3. The highest BCUT2D eigenvalue weighted by Crippen LogP contribution is 2.27. The van der Waals surface area contributed by atoms with Crippen LogP contribution in [0.1, 0.15) is 16.2 Å². The minimum atomic E-state index is 0.0162. The van der Waals surface area contributed by atoms with Gasteiger partial charge in [-0.05, 0) is 36.4 Å². The lowest BCUT2D eigenvalue weighted by Gasteiger charge is -2.10. The molecule has 0 aliphatic heterocycles. The van der Waals surface area contributed by atoms with Gasteiger partial charge in [-0.1, -0.05) is 23.9 Å². The Morgan fingerprint density at radius 3 is 2.39 bits per heavy atom. The third-order valence-electron chi connectivity index (χ3n) is 4.10. The van der Waals surface area contributed by atoms with Gasteiger partial charge in [-0.15, -0.1) is 10.2 Å². The summed E-state index contributed by atoms with van der Waals surface area (Å²) in [7, 11) is 5.04. The van der Waals surface area contributed by atoms with Crippen LogP contribution in [0.5, 0.6) is 17.2 Å². The number of benzene rings is 2. The Kier molecular flexibility index (Phi) is 6.54. The zero-order chi connectivity index (χ0) is 19.9. The molecule has 146 valence electrons. The number of hydrogen-bond donors (Lipinski definition) is 0. The monoisotopic (exact) mass is 399 g/mol. The van der Waals surface area contributed by atoms with Crippen LogP contribution in [0, 0.1) is 0 Å². The second-order valence-electron chi connectivity index (χ2n) is 5.84. The maximum Gasteiger partial charge on any atom is 0.191 e. The number of methoxy groups -OCH3 is 2. The molecule has 0 radical (unpaired) electrons. The van der Waals surface area contributed by atoms with E-state index in [4.69, 9.17) is 14.2 Å². The fourth-order valence-electron chi connectivity index (χ4n) is 2.47. The zero-order valence-electron chi connectivity index (χ0n) is 15.9. The molecule has 0 bridgehead atoms. The van der Waals surface area contributed by atoms with E-state index in [0.717, 1.165) is 5.75 Å². The molecule has 0 amide bonds. The minimum Gasteiger partial charge on any atom is -0.497 e. The summed E-state index contributed by atoms with van der Waals surface area (Å²) in [5.74, 6) is 2.96. The Balaban J connectivity index is 1.58. The minimum absolute atomic E-state index is 0.0162. The summed E-state index contributed by atoms with van der Waals surface area (Å²) in [6, 6.07) is 14.5. The second kappa shape index (κ2) is 9.27. The first-order chi connectivity index (χ1) is 13.6. The van der Waals surface area contributed by atoms with Crippen molar-refractivity contribution in [1.82, 2.24) is 14.8 Å². The van der Waals surface area contributed by atoms with Crippen molar-refractivity contribution in [3.8, 4) is 17.2 Å². The molecule has 0 aliphatic rings. The predicted molar refractivity (Wildman–Crippen MR) is 106 cm³/mol. The lowest BCUT2D eigenvalue weighted by molar-refractivity contribution is 0.102. The molecular weight excluding hydrogens is 378 g/mol. The molecule has 0 N–H and O–H groups in total. The highest BCUT2D eigenvalue weighted by Gasteiger charge is 2.14. The first kappa shape index (κ1) is 19.8. The van der Waals surface area contributed by atoms with Gasteiger partial charge in [0.05, 0.1) is 20.0 Å². The van der Waals surface area contributed by atoms with Crippen LogP contribution in [-0.4, -0.2) is 40.5 Å². The number of rotatable bonds is 9. The van der Waals surface area contributed by atoms with Crippen LogP contribution in [0.15, 0.2) is 53.7 Å². The number of carbonyl (C=O) groups excluding carboxylic acids is 1. The lowest BCUT2D eigenvalue weighted by Crippen LogP contribution is -2.06. The van der Waals surface area contributed by atoms with Crippen molar-refractivity contribution in [1.29, 1.82) is 0 Å². The first-order valence-electron chi connectivity index (χ1n) is 8.56. The number of ketones is 1. The molecule has 2 aromatic carbocycles. The summed E-state index contributed by atoms with van der Waals surface area (Å²) in [6.45, 7) is 0.247.